The standard InChI is InChI=1S/C12H14N2O6/c1-4-9(16)20-14-12(17)10-11(19-7(2)15)8(18-3)5-6-13-10/h5-6H,4H2,1-3H3,(H,14,17). The summed E-state index contributed by atoms with van der Waals surface area (Å²) in [6.07, 6.45) is 1.39. The van der Waals surface area contributed by atoms with Crippen molar-refractivity contribution >= 4 is 17.8 Å². The second-order valence-corrected chi connectivity index (χ2v) is 3.54. The summed E-state index contributed by atoms with van der Waals surface area (Å²) < 4.78 is 9.87. The Balaban J connectivity index is 3.00. The van der Waals surface area contributed by atoms with Crippen LogP contribution in [0.15, 0.2) is 12.3 Å². The maximum Gasteiger partial charge on any atom is 0.331 e. The van der Waals surface area contributed by atoms with Crippen molar-refractivity contribution < 1.29 is 28.7 Å². The molecule has 1 heterocycles. The number of rotatable bonds is 4. The van der Waals surface area contributed by atoms with Gasteiger partial charge in [0.25, 0.3) is 0 Å². The number of nitrogens with one attached hydrogen (secondary N) is 1. The molecular formula is C12H14N2O6. The molecule has 1 aromatic rings. The van der Waals surface area contributed by atoms with E-state index in [0.717, 1.165) is 0 Å². The molecule has 0 radical (unpaired) electrons. The molecule has 1 aromatic heterocycles. The molecule has 0 aliphatic rings. The summed E-state index contributed by atoms with van der Waals surface area (Å²) >= 11 is 0. The lowest BCUT2D eigenvalue weighted by Gasteiger charge is -2.11. The molecule has 1 rings (SSSR count). The Morgan fingerprint density at radius 2 is 2.05 bits per heavy atom. The van der Waals surface area contributed by atoms with E-state index in [4.69, 9.17) is 9.47 Å². The number of esters is 1. The highest BCUT2D eigenvalue weighted by Crippen LogP contribution is 2.29. The summed E-state index contributed by atoms with van der Waals surface area (Å²) in [7, 11) is 1.35. The molecule has 0 unspecified atom stereocenters. The molecule has 8 nitrogen and oxygen atoms in total. The second-order valence-electron chi connectivity index (χ2n) is 3.54. The van der Waals surface area contributed by atoms with Crippen molar-refractivity contribution in [2.75, 3.05) is 7.11 Å². The van der Waals surface area contributed by atoms with Crippen LogP contribution in [0.2, 0.25) is 0 Å². The summed E-state index contributed by atoms with van der Waals surface area (Å²) in [6, 6.07) is 1.42. The van der Waals surface area contributed by atoms with Crippen LogP contribution in [0.3, 0.4) is 0 Å². The molecule has 0 fully saturated rings. The predicted molar refractivity (Wildman–Crippen MR) is 65.9 cm³/mol. The van der Waals surface area contributed by atoms with Crippen LogP contribution in [0.4, 0.5) is 0 Å². The Morgan fingerprint density at radius 3 is 2.60 bits per heavy atom. The molecule has 0 saturated carbocycles. The molecule has 0 bridgehead atoms. The number of pyridine rings is 1. The first-order valence-corrected chi connectivity index (χ1v) is 5.71. The number of carbonyl (C=O) groups excluding carboxylic acids is 3. The zero-order chi connectivity index (χ0) is 15.1. The summed E-state index contributed by atoms with van der Waals surface area (Å²) in [4.78, 5) is 42.1. The fraction of sp³-hybridized carbons (Fsp3) is 0.333. The maximum atomic E-state index is 11.8. The molecule has 108 valence electrons. The number of hydroxylamine groups is 1. The summed E-state index contributed by atoms with van der Waals surface area (Å²) in [5.41, 5.74) is 1.68. The minimum Gasteiger partial charge on any atom is -0.493 e. The van der Waals surface area contributed by atoms with Crippen LogP contribution in [0.1, 0.15) is 30.8 Å². The number of nitrogens with zero attached hydrogens (tertiary/aromatic N) is 1. The predicted octanol–water partition coefficient (Wildman–Crippen LogP) is 0.613. The maximum absolute atomic E-state index is 11.8. The molecule has 20 heavy (non-hydrogen) atoms. The number of hydrogen-bond acceptors (Lipinski definition) is 7. The average Bonchev–Trinajstić information content (AvgIpc) is 2.43. The molecule has 0 spiro atoms. The number of hydrogen-bond donors (Lipinski definition) is 1. The molecule has 0 aromatic carbocycles. The van der Waals surface area contributed by atoms with Crippen LogP contribution in [0.25, 0.3) is 0 Å². The zero-order valence-corrected chi connectivity index (χ0v) is 11.3. The largest absolute Gasteiger partial charge is 0.493 e. The highest BCUT2D eigenvalue weighted by molar-refractivity contribution is 5.96. The summed E-state index contributed by atoms with van der Waals surface area (Å²) in [5, 5.41) is 0. The second kappa shape index (κ2) is 7.07. The van der Waals surface area contributed by atoms with E-state index in [1.54, 1.807) is 6.92 Å². The number of ether oxygens (including phenoxy) is 2. The van der Waals surface area contributed by atoms with Gasteiger partial charge in [0.2, 0.25) is 5.75 Å². The number of amides is 1. The van der Waals surface area contributed by atoms with Gasteiger partial charge in [0.1, 0.15) is 0 Å². The first-order chi connectivity index (χ1) is 9.49. The van der Waals surface area contributed by atoms with Gasteiger partial charge >= 0.3 is 17.8 Å². The van der Waals surface area contributed by atoms with E-state index in [2.05, 4.69) is 9.82 Å². The van der Waals surface area contributed by atoms with Crippen LogP contribution in [-0.4, -0.2) is 29.9 Å². The molecule has 0 aliphatic heterocycles. The Bertz CT molecular complexity index is 529. The summed E-state index contributed by atoms with van der Waals surface area (Å²) in [6.45, 7) is 2.74. The fourth-order valence-corrected chi connectivity index (χ4v) is 1.22. The first-order valence-electron chi connectivity index (χ1n) is 5.71. The highest BCUT2D eigenvalue weighted by atomic mass is 16.7. The lowest BCUT2D eigenvalue weighted by atomic mass is 10.3. The van der Waals surface area contributed by atoms with E-state index >= 15 is 0 Å². The van der Waals surface area contributed by atoms with Gasteiger partial charge in [0, 0.05) is 25.6 Å². The van der Waals surface area contributed by atoms with Gasteiger partial charge < -0.3 is 14.3 Å². The Morgan fingerprint density at radius 1 is 1.35 bits per heavy atom. The number of carbonyl (C=O) groups is 3. The molecule has 1 amide bonds. The van der Waals surface area contributed by atoms with Gasteiger partial charge in [0.05, 0.1) is 7.11 Å². The smallest absolute Gasteiger partial charge is 0.331 e. The minimum atomic E-state index is -0.832. The quantitative estimate of drug-likeness (QED) is 0.637. The van der Waals surface area contributed by atoms with Crippen molar-refractivity contribution in [2.45, 2.75) is 20.3 Å². The lowest BCUT2D eigenvalue weighted by Crippen LogP contribution is -2.28. The van der Waals surface area contributed by atoms with Gasteiger partial charge in [-0.15, -0.1) is 0 Å². The van der Waals surface area contributed by atoms with Crippen molar-refractivity contribution in [1.82, 2.24) is 10.5 Å². The van der Waals surface area contributed by atoms with Crippen molar-refractivity contribution in [2.24, 2.45) is 0 Å². The fourth-order valence-electron chi connectivity index (χ4n) is 1.22. The SMILES string of the molecule is CCC(=O)ONC(=O)c1nccc(OC)c1OC(C)=O. The summed E-state index contributed by atoms with van der Waals surface area (Å²) in [5.74, 6) is -2.08. The zero-order valence-electron chi connectivity index (χ0n) is 11.3. The first kappa shape index (κ1) is 15.4. The van der Waals surface area contributed by atoms with Gasteiger partial charge in [-0.05, 0) is 0 Å². The van der Waals surface area contributed by atoms with Gasteiger partial charge in [0.15, 0.2) is 11.4 Å². The normalized spacial score (nSPS) is 9.55. The molecule has 1 N–H and O–H groups in total. The monoisotopic (exact) mass is 282 g/mol. The molecule has 0 atom stereocenters. The molecule has 8 heteroatoms. The van der Waals surface area contributed by atoms with E-state index in [9.17, 15) is 14.4 Å². The van der Waals surface area contributed by atoms with Crippen LogP contribution >= 0.6 is 0 Å². The Hall–Kier alpha value is -2.64. The van der Waals surface area contributed by atoms with Crippen LogP contribution in [0, 0.1) is 0 Å². The molecule has 0 saturated heterocycles. The Labute approximate surface area is 115 Å². The van der Waals surface area contributed by atoms with Crippen molar-refractivity contribution in [3.63, 3.8) is 0 Å². The van der Waals surface area contributed by atoms with Gasteiger partial charge in [-0.2, -0.15) is 5.48 Å². The topological polar surface area (TPSA) is 104 Å². The van der Waals surface area contributed by atoms with E-state index in [1.165, 1.54) is 26.3 Å². The van der Waals surface area contributed by atoms with Crippen LogP contribution in [-0.2, 0) is 14.4 Å². The minimum absolute atomic E-state index is 0.0998. The third-order valence-electron chi connectivity index (χ3n) is 2.10. The van der Waals surface area contributed by atoms with Crippen molar-refractivity contribution in [3.8, 4) is 11.5 Å². The van der Waals surface area contributed by atoms with E-state index in [-0.39, 0.29) is 23.6 Å². The third-order valence-corrected chi connectivity index (χ3v) is 2.10. The van der Waals surface area contributed by atoms with Gasteiger partial charge in [-0.25, -0.2) is 9.78 Å². The lowest BCUT2D eigenvalue weighted by molar-refractivity contribution is -0.148. The third kappa shape index (κ3) is 3.94. The van der Waals surface area contributed by atoms with E-state index < -0.39 is 17.8 Å². The van der Waals surface area contributed by atoms with Gasteiger partial charge in [-0.1, -0.05) is 6.92 Å². The van der Waals surface area contributed by atoms with E-state index in [1.807, 2.05) is 5.48 Å². The molecular weight excluding hydrogens is 268 g/mol. The average molecular weight is 282 g/mol. The van der Waals surface area contributed by atoms with Gasteiger partial charge in [-0.3, -0.25) is 9.59 Å². The Kier molecular flexibility index (Phi) is 5.45. The van der Waals surface area contributed by atoms with Crippen LogP contribution < -0.4 is 15.0 Å². The number of aromatic nitrogens is 1. The van der Waals surface area contributed by atoms with Crippen LogP contribution in [0.5, 0.6) is 11.5 Å². The molecule has 0 aliphatic carbocycles. The van der Waals surface area contributed by atoms with Crippen molar-refractivity contribution in [3.05, 3.63) is 18.0 Å². The highest BCUT2D eigenvalue weighted by Gasteiger charge is 2.21. The van der Waals surface area contributed by atoms with E-state index in [0.29, 0.717) is 0 Å². The number of methoxy groups -OCH3 is 1. The van der Waals surface area contributed by atoms with Crippen molar-refractivity contribution in [1.29, 1.82) is 0 Å².